The third-order valence-electron chi connectivity index (χ3n) is 5.19. The summed E-state index contributed by atoms with van der Waals surface area (Å²) in [6, 6.07) is 0.588. The summed E-state index contributed by atoms with van der Waals surface area (Å²) in [5, 5.41) is 3.74. The normalized spacial score (nSPS) is 28.3. The molecule has 1 spiro atoms. The smallest absolute Gasteiger partial charge is 0.410 e. The van der Waals surface area contributed by atoms with Crippen molar-refractivity contribution >= 4 is 6.09 Å². The monoisotopic (exact) mass is 294 g/mol. The second-order valence-corrected chi connectivity index (χ2v) is 8.25. The zero-order valence-corrected chi connectivity index (χ0v) is 13.8. The number of hydrogen-bond acceptors (Lipinski definition) is 3. The van der Waals surface area contributed by atoms with E-state index >= 15 is 0 Å². The van der Waals surface area contributed by atoms with Crippen LogP contribution in [0.4, 0.5) is 4.79 Å². The highest BCUT2D eigenvalue weighted by Gasteiger charge is 2.49. The Bertz CT molecular complexity index is 394. The van der Waals surface area contributed by atoms with E-state index in [4.69, 9.17) is 4.74 Å². The third-order valence-corrected chi connectivity index (χ3v) is 5.19. The summed E-state index contributed by atoms with van der Waals surface area (Å²) in [7, 11) is 0. The first-order chi connectivity index (χ1) is 9.88. The second kappa shape index (κ2) is 5.45. The van der Waals surface area contributed by atoms with E-state index in [0.717, 1.165) is 38.1 Å². The van der Waals surface area contributed by atoms with Gasteiger partial charge in [0.25, 0.3) is 0 Å². The number of rotatable bonds is 3. The van der Waals surface area contributed by atoms with Gasteiger partial charge in [-0.15, -0.1) is 0 Å². The highest BCUT2D eigenvalue weighted by atomic mass is 16.6. The molecule has 2 saturated carbocycles. The van der Waals surface area contributed by atoms with Crippen LogP contribution in [0.5, 0.6) is 0 Å². The van der Waals surface area contributed by atoms with Crippen molar-refractivity contribution in [2.24, 2.45) is 5.92 Å². The number of amides is 1. The molecular weight excluding hydrogens is 264 g/mol. The largest absolute Gasteiger partial charge is 0.444 e. The van der Waals surface area contributed by atoms with Gasteiger partial charge in [-0.25, -0.2) is 4.79 Å². The zero-order valence-electron chi connectivity index (χ0n) is 13.8. The van der Waals surface area contributed by atoms with Crippen molar-refractivity contribution in [2.45, 2.75) is 82.9 Å². The van der Waals surface area contributed by atoms with Gasteiger partial charge in [-0.1, -0.05) is 0 Å². The van der Waals surface area contributed by atoms with Crippen LogP contribution >= 0.6 is 0 Å². The number of likely N-dealkylation sites (tertiary alicyclic amines) is 1. The molecule has 1 N–H and O–H groups in total. The Balaban J connectivity index is 1.59. The molecule has 1 atom stereocenters. The fourth-order valence-corrected chi connectivity index (χ4v) is 3.68. The Morgan fingerprint density at radius 1 is 1.29 bits per heavy atom. The maximum atomic E-state index is 12.5. The van der Waals surface area contributed by atoms with Gasteiger partial charge in [-0.3, -0.25) is 0 Å². The highest BCUT2D eigenvalue weighted by Crippen LogP contribution is 2.45. The lowest BCUT2D eigenvalue weighted by Crippen LogP contribution is -2.63. The molecule has 0 radical (unpaired) electrons. The fraction of sp³-hybridized carbons (Fsp3) is 0.941. The van der Waals surface area contributed by atoms with Crippen LogP contribution in [0.3, 0.4) is 0 Å². The van der Waals surface area contributed by atoms with Crippen molar-refractivity contribution in [3.8, 4) is 0 Å². The predicted octanol–water partition coefficient (Wildman–Crippen LogP) is 3.31. The summed E-state index contributed by atoms with van der Waals surface area (Å²) < 4.78 is 5.62. The average molecular weight is 294 g/mol. The Kier molecular flexibility index (Phi) is 3.93. The van der Waals surface area contributed by atoms with Crippen molar-refractivity contribution in [1.29, 1.82) is 0 Å². The van der Waals surface area contributed by atoms with Crippen LogP contribution in [-0.2, 0) is 4.74 Å². The second-order valence-electron chi connectivity index (χ2n) is 8.25. The van der Waals surface area contributed by atoms with Gasteiger partial charge in [0.2, 0.25) is 0 Å². The average Bonchev–Trinajstić information content (AvgIpc) is 3.16. The first-order valence-electron chi connectivity index (χ1n) is 8.62. The number of nitrogens with one attached hydrogen (secondary N) is 1. The molecular formula is C17H30N2O2. The third kappa shape index (κ3) is 3.53. The van der Waals surface area contributed by atoms with E-state index in [1.54, 1.807) is 0 Å². The Morgan fingerprint density at radius 3 is 2.52 bits per heavy atom. The van der Waals surface area contributed by atoms with Crippen molar-refractivity contribution in [2.75, 3.05) is 13.1 Å². The van der Waals surface area contributed by atoms with Crippen molar-refractivity contribution < 1.29 is 9.53 Å². The van der Waals surface area contributed by atoms with Gasteiger partial charge in [-0.2, -0.15) is 0 Å². The van der Waals surface area contributed by atoms with Crippen LogP contribution in [0.15, 0.2) is 0 Å². The van der Waals surface area contributed by atoms with Crippen LogP contribution in [-0.4, -0.2) is 41.3 Å². The van der Waals surface area contributed by atoms with E-state index in [1.807, 2.05) is 25.7 Å². The van der Waals surface area contributed by atoms with Crippen LogP contribution in [0.2, 0.25) is 0 Å². The number of hydrogen-bond donors (Lipinski definition) is 1. The summed E-state index contributed by atoms with van der Waals surface area (Å²) in [6.07, 6.45) is 8.40. The molecule has 2 aliphatic carbocycles. The number of nitrogens with zero attached hydrogens (tertiary/aromatic N) is 1. The lowest BCUT2D eigenvalue weighted by Gasteiger charge is -2.55. The molecule has 4 nitrogen and oxygen atoms in total. The van der Waals surface area contributed by atoms with Crippen molar-refractivity contribution in [3.63, 3.8) is 0 Å². The van der Waals surface area contributed by atoms with E-state index in [0.29, 0.717) is 6.04 Å². The maximum Gasteiger partial charge on any atom is 0.410 e. The molecule has 0 aromatic carbocycles. The molecule has 3 fully saturated rings. The summed E-state index contributed by atoms with van der Waals surface area (Å²) in [4.78, 5) is 14.5. The molecule has 4 heteroatoms. The summed E-state index contributed by atoms with van der Waals surface area (Å²) in [5.74, 6) is 0.922. The first-order valence-corrected chi connectivity index (χ1v) is 8.62. The van der Waals surface area contributed by atoms with Crippen LogP contribution in [0.1, 0.15) is 65.7 Å². The molecule has 120 valence electrons. The van der Waals surface area contributed by atoms with E-state index < -0.39 is 5.60 Å². The lowest BCUT2D eigenvalue weighted by molar-refractivity contribution is -0.0493. The maximum absolute atomic E-state index is 12.5. The van der Waals surface area contributed by atoms with Gasteiger partial charge in [0, 0.05) is 18.1 Å². The first kappa shape index (κ1) is 15.1. The highest BCUT2D eigenvalue weighted by molar-refractivity contribution is 5.69. The van der Waals surface area contributed by atoms with Gasteiger partial charge >= 0.3 is 6.09 Å². The SMILES string of the molecule is CC(C)(C)OC(=O)N1CCC(NCC2CC2)CC12CCC2. The minimum absolute atomic E-state index is 0.0851. The number of piperidine rings is 1. The summed E-state index contributed by atoms with van der Waals surface area (Å²) in [6.45, 7) is 7.86. The topological polar surface area (TPSA) is 41.6 Å². The number of carbonyl (C=O) groups excluding carboxylic acids is 1. The minimum Gasteiger partial charge on any atom is -0.444 e. The molecule has 0 aromatic heterocycles. The standard InChI is InChI=1S/C17H30N2O2/c1-16(2,3)21-15(20)19-10-7-14(18-12-13-5-6-13)11-17(19)8-4-9-17/h13-14,18H,4-12H2,1-3H3. The van der Waals surface area contributed by atoms with E-state index in [9.17, 15) is 4.79 Å². The molecule has 1 saturated heterocycles. The zero-order chi connectivity index (χ0) is 15.1. The molecule has 3 rings (SSSR count). The van der Waals surface area contributed by atoms with E-state index in [1.165, 1.54) is 25.8 Å². The van der Waals surface area contributed by atoms with Gasteiger partial charge < -0.3 is 15.0 Å². The van der Waals surface area contributed by atoms with Crippen LogP contribution < -0.4 is 5.32 Å². The van der Waals surface area contributed by atoms with E-state index in [2.05, 4.69) is 5.32 Å². The fourth-order valence-electron chi connectivity index (χ4n) is 3.68. The van der Waals surface area contributed by atoms with Gasteiger partial charge in [0.05, 0.1) is 0 Å². The summed E-state index contributed by atoms with van der Waals surface area (Å²) >= 11 is 0. The molecule has 1 unspecified atom stereocenters. The lowest BCUT2D eigenvalue weighted by atomic mass is 9.69. The molecule has 21 heavy (non-hydrogen) atoms. The van der Waals surface area contributed by atoms with Crippen molar-refractivity contribution in [1.82, 2.24) is 10.2 Å². The Labute approximate surface area is 128 Å². The van der Waals surface area contributed by atoms with Crippen LogP contribution in [0, 0.1) is 5.92 Å². The number of ether oxygens (including phenoxy) is 1. The summed E-state index contributed by atoms with van der Waals surface area (Å²) in [5.41, 5.74) is -0.315. The van der Waals surface area contributed by atoms with Crippen molar-refractivity contribution in [3.05, 3.63) is 0 Å². The Hall–Kier alpha value is -0.770. The number of carbonyl (C=O) groups is 1. The van der Waals surface area contributed by atoms with Crippen LogP contribution in [0.25, 0.3) is 0 Å². The quantitative estimate of drug-likeness (QED) is 0.868. The molecule has 3 aliphatic rings. The van der Waals surface area contributed by atoms with Gasteiger partial charge in [-0.05, 0) is 78.2 Å². The molecule has 1 amide bonds. The molecule has 1 aliphatic heterocycles. The molecule has 1 heterocycles. The molecule has 0 aromatic rings. The minimum atomic E-state index is -0.400. The van der Waals surface area contributed by atoms with E-state index in [-0.39, 0.29) is 11.6 Å². The predicted molar refractivity (Wildman–Crippen MR) is 83.3 cm³/mol. The molecule has 0 bridgehead atoms. The van der Waals surface area contributed by atoms with Gasteiger partial charge in [0.1, 0.15) is 5.60 Å². The Morgan fingerprint density at radius 2 is 2.00 bits per heavy atom. The van der Waals surface area contributed by atoms with Gasteiger partial charge in [0.15, 0.2) is 0 Å².